The summed E-state index contributed by atoms with van der Waals surface area (Å²) in [6.45, 7) is 4.27. The van der Waals surface area contributed by atoms with Crippen LogP contribution >= 0.6 is 0 Å². The van der Waals surface area contributed by atoms with Crippen molar-refractivity contribution in [1.29, 1.82) is 0 Å². The van der Waals surface area contributed by atoms with Gasteiger partial charge in [0, 0.05) is 12.2 Å². The standard InChI is InChI=1S/C21H25NO4/c1-4-26-19(23)21(16-8-6-5-7-9-16)20(2,24)14-15-22(21)17-10-12-18(25-3)13-11-17/h5-13,24H,4,14-15H2,1-3H3/t20-,21-/m1/s1. The first-order chi connectivity index (χ1) is 12.5. The third-order valence-electron chi connectivity index (χ3n) is 5.15. The van der Waals surface area contributed by atoms with Crippen LogP contribution in [-0.4, -0.2) is 36.9 Å². The predicted molar refractivity (Wildman–Crippen MR) is 100 cm³/mol. The number of aliphatic hydroxyl groups is 1. The van der Waals surface area contributed by atoms with Gasteiger partial charge >= 0.3 is 5.97 Å². The Bertz CT molecular complexity index is 757. The van der Waals surface area contributed by atoms with Crippen LogP contribution in [0.5, 0.6) is 5.75 Å². The fourth-order valence-electron chi connectivity index (χ4n) is 3.88. The molecule has 0 radical (unpaired) electrons. The Labute approximate surface area is 154 Å². The molecule has 3 rings (SSSR count). The number of ether oxygens (including phenoxy) is 2. The Morgan fingerprint density at radius 1 is 1.15 bits per heavy atom. The highest BCUT2D eigenvalue weighted by molar-refractivity contribution is 5.90. The first kappa shape index (κ1) is 18.3. The lowest BCUT2D eigenvalue weighted by Crippen LogP contribution is -2.60. The van der Waals surface area contributed by atoms with E-state index in [-0.39, 0.29) is 6.61 Å². The number of hydrogen-bond acceptors (Lipinski definition) is 5. The van der Waals surface area contributed by atoms with E-state index in [0.717, 1.165) is 17.0 Å². The molecular formula is C21H25NO4. The third-order valence-corrected chi connectivity index (χ3v) is 5.15. The Morgan fingerprint density at radius 2 is 1.81 bits per heavy atom. The summed E-state index contributed by atoms with van der Waals surface area (Å²) in [4.78, 5) is 15.2. The summed E-state index contributed by atoms with van der Waals surface area (Å²) in [5.41, 5.74) is -1.03. The maximum Gasteiger partial charge on any atom is 0.339 e. The maximum absolute atomic E-state index is 13.2. The van der Waals surface area contributed by atoms with E-state index in [4.69, 9.17) is 9.47 Å². The van der Waals surface area contributed by atoms with Crippen LogP contribution in [0.2, 0.25) is 0 Å². The van der Waals surface area contributed by atoms with Crippen molar-refractivity contribution in [2.24, 2.45) is 0 Å². The summed E-state index contributed by atoms with van der Waals surface area (Å²) in [7, 11) is 1.61. The summed E-state index contributed by atoms with van der Waals surface area (Å²) >= 11 is 0. The zero-order valence-corrected chi connectivity index (χ0v) is 15.4. The van der Waals surface area contributed by atoms with Crippen molar-refractivity contribution < 1.29 is 19.4 Å². The summed E-state index contributed by atoms with van der Waals surface area (Å²) in [6, 6.07) is 16.9. The number of nitrogens with zero attached hydrogens (tertiary/aromatic N) is 1. The van der Waals surface area contributed by atoms with Crippen LogP contribution in [-0.2, 0) is 15.1 Å². The molecule has 5 nitrogen and oxygen atoms in total. The van der Waals surface area contributed by atoms with E-state index in [1.54, 1.807) is 21.0 Å². The zero-order chi connectivity index (χ0) is 18.8. The van der Waals surface area contributed by atoms with Crippen molar-refractivity contribution in [3.8, 4) is 5.75 Å². The second-order valence-electron chi connectivity index (χ2n) is 6.67. The summed E-state index contributed by atoms with van der Waals surface area (Å²) in [6.07, 6.45) is 0.451. The topological polar surface area (TPSA) is 59.0 Å². The number of carbonyl (C=O) groups is 1. The monoisotopic (exact) mass is 355 g/mol. The quantitative estimate of drug-likeness (QED) is 0.835. The summed E-state index contributed by atoms with van der Waals surface area (Å²) in [5, 5.41) is 11.3. The molecule has 26 heavy (non-hydrogen) atoms. The van der Waals surface area contributed by atoms with E-state index in [2.05, 4.69) is 0 Å². The summed E-state index contributed by atoms with van der Waals surface area (Å²) < 4.78 is 10.7. The largest absolute Gasteiger partial charge is 0.497 e. The van der Waals surface area contributed by atoms with Crippen LogP contribution in [0.15, 0.2) is 54.6 Å². The number of carbonyl (C=O) groups excluding carboxylic acids is 1. The van der Waals surface area contributed by atoms with Crippen molar-refractivity contribution in [2.75, 3.05) is 25.2 Å². The number of benzene rings is 2. The van der Waals surface area contributed by atoms with E-state index < -0.39 is 17.1 Å². The zero-order valence-electron chi connectivity index (χ0n) is 15.4. The Kier molecular flexibility index (Phi) is 4.92. The Balaban J connectivity index is 2.19. The molecule has 1 aliphatic heterocycles. The molecule has 0 saturated carbocycles. The molecule has 0 bridgehead atoms. The Hall–Kier alpha value is -2.53. The molecule has 1 heterocycles. The number of esters is 1. The average Bonchev–Trinajstić information content (AvgIpc) is 2.94. The molecule has 5 heteroatoms. The number of rotatable bonds is 5. The molecule has 1 saturated heterocycles. The minimum atomic E-state index is -1.31. The molecule has 1 N–H and O–H groups in total. The smallest absolute Gasteiger partial charge is 0.339 e. The molecule has 1 fully saturated rings. The molecule has 1 aliphatic rings. The highest BCUT2D eigenvalue weighted by Gasteiger charge is 2.63. The lowest BCUT2D eigenvalue weighted by atomic mass is 9.75. The SMILES string of the molecule is CCOC(=O)[C@@]1(c2ccccc2)N(c2ccc(OC)cc2)CC[C@@]1(C)O. The van der Waals surface area contributed by atoms with Crippen molar-refractivity contribution in [2.45, 2.75) is 31.4 Å². The Morgan fingerprint density at radius 3 is 2.38 bits per heavy atom. The fourth-order valence-corrected chi connectivity index (χ4v) is 3.88. The van der Waals surface area contributed by atoms with E-state index in [0.29, 0.717) is 13.0 Å². The van der Waals surface area contributed by atoms with Crippen LogP contribution in [0.4, 0.5) is 5.69 Å². The van der Waals surface area contributed by atoms with Crippen molar-refractivity contribution in [1.82, 2.24) is 0 Å². The number of anilines is 1. The highest BCUT2D eigenvalue weighted by atomic mass is 16.5. The van der Waals surface area contributed by atoms with Gasteiger partial charge in [-0.05, 0) is 50.1 Å². The van der Waals surface area contributed by atoms with E-state index in [1.807, 2.05) is 59.5 Å². The van der Waals surface area contributed by atoms with Crippen molar-refractivity contribution in [3.05, 3.63) is 60.2 Å². The molecule has 138 valence electrons. The first-order valence-electron chi connectivity index (χ1n) is 8.84. The molecule has 0 aliphatic carbocycles. The van der Waals surface area contributed by atoms with Gasteiger partial charge in [0.1, 0.15) is 11.4 Å². The van der Waals surface area contributed by atoms with Gasteiger partial charge in [-0.25, -0.2) is 4.79 Å². The van der Waals surface area contributed by atoms with Crippen LogP contribution in [0.3, 0.4) is 0 Å². The average molecular weight is 355 g/mol. The minimum absolute atomic E-state index is 0.250. The second kappa shape index (κ2) is 7.00. The van der Waals surface area contributed by atoms with Gasteiger partial charge in [-0.15, -0.1) is 0 Å². The van der Waals surface area contributed by atoms with Gasteiger partial charge in [0.25, 0.3) is 0 Å². The molecule has 0 amide bonds. The maximum atomic E-state index is 13.2. The lowest BCUT2D eigenvalue weighted by Gasteiger charge is -2.44. The first-order valence-corrected chi connectivity index (χ1v) is 8.84. The third kappa shape index (κ3) is 2.72. The van der Waals surface area contributed by atoms with E-state index in [1.165, 1.54) is 0 Å². The molecular weight excluding hydrogens is 330 g/mol. The fraction of sp³-hybridized carbons (Fsp3) is 0.381. The van der Waals surface area contributed by atoms with Gasteiger partial charge in [-0.3, -0.25) is 0 Å². The van der Waals surface area contributed by atoms with Crippen molar-refractivity contribution >= 4 is 11.7 Å². The van der Waals surface area contributed by atoms with Gasteiger partial charge in [0.15, 0.2) is 5.54 Å². The van der Waals surface area contributed by atoms with Gasteiger partial charge in [-0.1, -0.05) is 30.3 Å². The molecule has 2 aromatic rings. The van der Waals surface area contributed by atoms with E-state index in [9.17, 15) is 9.90 Å². The van der Waals surface area contributed by atoms with E-state index >= 15 is 0 Å². The molecule has 2 atom stereocenters. The molecule has 0 aromatic heterocycles. The van der Waals surface area contributed by atoms with Crippen LogP contribution in [0, 0.1) is 0 Å². The second-order valence-corrected chi connectivity index (χ2v) is 6.67. The molecule has 0 spiro atoms. The van der Waals surface area contributed by atoms with Gasteiger partial charge in [-0.2, -0.15) is 0 Å². The van der Waals surface area contributed by atoms with Gasteiger partial charge in [0.2, 0.25) is 0 Å². The number of hydrogen-bond donors (Lipinski definition) is 1. The number of methoxy groups -OCH3 is 1. The summed E-state index contributed by atoms with van der Waals surface area (Å²) in [5.74, 6) is 0.297. The molecule has 2 aromatic carbocycles. The van der Waals surface area contributed by atoms with Crippen LogP contribution in [0.25, 0.3) is 0 Å². The molecule has 0 unspecified atom stereocenters. The van der Waals surface area contributed by atoms with Gasteiger partial charge in [0.05, 0.1) is 13.7 Å². The van der Waals surface area contributed by atoms with Crippen molar-refractivity contribution in [3.63, 3.8) is 0 Å². The van der Waals surface area contributed by atoms with Crippen LogP contribution in [0.1, 0.15) is 25.8 Å². The van der Waals surface area contributed by atoms with Crippen LogP contribution < -0.4 is 9.64 Å². The highest BCUT2D eigenvalue weighted by Crippen LogP contribution is 2.49. The normalized spacial score (nSPS) is 25.2. The predicted octanol–water partition coefficient (Wildman–Crippen LogP) is 3.11. The lowest BCUT2D eigenvalue weighted by molar-refractivity contribution is -0.159. The minimum Gasteiger partial charge on any atom is -0.497 e. The van der Waals surface area contributed by atoms with Gasteiger partial charge < -0.3 is 19.5 Å².